The molecule has 1 N–H and O–H groups in total. The predicted molar refractivity (Wildman–Crippen MR) is 107 cm³/mol. The van der Waals surface area contributed by atoms with Crippen molar-refractivity contribution >= 4 is 23.0 Å². The molecule has 0 saturated carbocycles. The van der Waals surface area contributed by atoms with Gasteiger partial charge in [0.05, 0.1) is 11.0 Å². The molecule has 26 heavy (non-hydrogen) atoms. The first kappa shape index (κ1) is 17.7. The highest BCUT2D eigenvalue weighted by molar-refractivity contribution is 5.86. The number of hydrogen-bond acceptors (Lipinski definition) is 2. The highest BCUT2D eigenvalue weighted by Gasteiger charge is 2.09. The Balaban J connectivity index is 1.73. The van der Waals surface area contributed by atoms with Crippen molar-refractivity contribution < 1.29 is 4.79 Å². The van der Waals surface area contributed by atoms with Crippen molar-refractivity contribution in [2.24, 2.45) is 0 Å². The number of aromatic nitrogens is 2. The number of allylic oxidation sites excluding steroid dienone is 1. The monoisotopic (exact) mass is 345 g/mol. The molecule has 0 radical (unpaired) electrons. The maximum absolute atomic E-state index is 11.2. The number of rotatable bonds is 8. The molecule has 0 aliphatic heterocycles. The molecule has 0 aliphatic carbocycles. The van der Waals surface area contributed by atoms with Crippen LogP contribution in [0.2, 0.25) is 0 Å². The van der Waals surface area contributed by atoms with Crippen molar-refractivity contribution in [1.29, 1.82) is 0 Å². The highest BCUT2D eigenvalue weighted by atomic mass is 16.1. The van der Waals surface area contributed by atoms with Gasteiger partial charge in [0.2, 0.25) is 5.91 Å². The largest absolute Gasteiger partial charge is 0.353 e. The molecule has 0 unspecified atom stereocenters. The highest BCUT2D eigenvalue weighted by Crippen LogP contribution is 2.17. The van der Waals surface area contributed by atoms with E-state index in [4.69, 9.17) is 4.98 Å². The number of imidazole rings is 1. The number of nitrogens with zero attached hydrogens (tertiary/aromatic N) is 2. The van der Waals surface area contributed by atoms with E-state index in [9.17, 15) is 4.79 Å². The van der Waals surface area contributed by atoms with Gasteiger partial charge in [-0.05, 0) is 30.2 Å². The van der Waals surface area contributed by atoms with Crippen LogP contribution in [0.5, 0.6) is 0 Å². The van der Waals surface area contributed by atoms with Gasteiger partial charge >= 0.3 is 0 Å². The molecule has 132 valence electrons. The lowest BCUT2D eigenvalue weighted by atomic mass is 10.2. The molecule has 4 nitrogen and oxygen atoms in total. The summed E-state index contributed by atoms with van der Waals surface area (Å²) in [6.07, 6.45) is 7.23. The van der Waals surface area contributed by atoms with Crippen LogP contribution in [0, 0.1) is 0 Å². The van der Waals surface area contributed by atoms with E-state index in [0.29, 0.717) is 6.54 Å². The van der Waals surface area contributed by atoms with E-state index in [2.05, 4.69) is 46.8 Å². The SMILES string of the molecule is C=CC(=O)NCCCc1nc2ccccc2n1C/C=C/c1ccccc1. The first-order valence-corrected chi connectivity index (χ1v) is 8.84. The lowest BCUT2D eigenvalue weighted by Gasteiger charge is -2.07. The normalized spacial score (nSPS) is 11.1. The van der Waals surface area contributed by atoms with Gasteiger partial charge in [0.25, 0.3) is 0 Å². The molecule has 0 aliphatic rings. The molecular weight excluding hydrogens is 322 g/mol. The van der Waals surface area contributed by atoms with E-state index in [1.807, 2.05) is 36.4 Å². The standard InChI is InChI=1S/C22H23N3O/c1-2-22(26)23-16-8-15-21-24-19-13-6-7-14-20(19)25(21)17-9-12-18-10-4-3-5-11-18/h2-7,9-14H,1,8,15-17H2,(H,23,26)/b12-9+. The lowest BCUT2D eigenvalue weighted by Crippen LogP contribution is -2.22. The average molecular weight is 345 g/mol. The van der Waals surface area contributed by atoms with Gasteiger partial charge in [-0.2, -0.15) is 0 Å². The molecule has 0 spiro atoms. The second-order valence-electron chi connectivity index (χ2n) is 6.04. The Hall–Kier alpha value is -3.14. The van der Waals surface area contributed by atoms with Crippen LogP contribution in [0.4, 0.5) is 0 Å². The van der Waals surface area contributed by atoms with Gasteiger partial charge in [0.1, 0.15) is 5.82 Å². The summed E-state index contributed by atoms with van der Waals surface area (Å²) in [4.78, 5) is 16.0. The number of aryl methyl sites for hydroxylation is 1. The Labute approximate surface area is 153 Å². The lowest BCUT2D eigenvalue weighted by molar-refractivity contribution is -0.116. The van der Waals surface area contributed by atoms with Gasteiger partial charge in [-0.3, -0.25) is 4.79 Å². The van der Waals surface area contributed by atoms with Crippen LogP contribution in [0.1, 0.15) is 17.8 Å². The molecule has 0 bridgehead atoms. The third kappa shape index (κ3) is 4.48. The van der Waals surface area contributed by atoms with E-state index < -0.39 is 0 Å². The number of nitrogens with one attached hydrogen (secondary N) is 1. The van der Waals surface area contributed by atoms with Crippen LogP contribution in [-0.4, -0.2) is 22.0 Å². The maximum Gasteiger partial charge on any atom is 0.243 e. The number of hydrogen-bond donors (Lipinski definition) is 1. The Morgan fingerprint density at radius 2 is 1.88 bits per heavy atom. The second-order valence-corrected chi connectivity index (χ2v) is 6.04. The number of para-hydroxylation sites is 2. The van der Waals surface area contributed by atoms with Crippen molar-refractivity contribution in [2.75, 3.05) is 6.54 Å². The minimum absolute atomic E-state index is 0.135. The number of carbonyl (C=O) groups excluding carboxylic acids is 1. The fourth-order valence-corrected chi connectivity index (χ4v) is 2.91. The fourth-order valence-electron chi connectivity index (χ4n) is 2.91. The summed E-state index contributed by atoms with van der Waals surface area (Å²) in [5.41, 5.74) is 3.33. The zero-order chi connectivity index (χ0) is 18.2. The average Bonchev–Trinajstić information content (AvgIpc) is 3.03. The van der Waals surface area contributed by atoms with Gasteiger partial charge in [0.15, 0.2) is 0 Å². The molecular formula is C22H23N3O. The molecule has 3 aromatic rings. The van der Waals surface area contributed by atoms with Crippen molar-refractivity contribution in [1.82, 2.24) is 14.9 Å². The van der Waals surface area contributed by atoms with E-state index in [0.717, 1.165) is 36.2 Å². The van der Waals surface area contributed by atoms with Gasteiger partial charge in [0, 0.05) is 19.5 Å². The van der Waals surface area contributed by atoms with Crippen molar-refractivity contribution in [2.45, 2.75) is 19.4 Å². The zero-order valence-corrected chi connectivity index (χ0v) is 14.8. The molecule has 1 heterocycles. The van der Waals surface area contributed by atoms with Crippen LogP contribution < -0.4 is 5.32 Å². The Morgan fingerprint density at radius 3 is 2.69 bits per heavy atom. The third-order valence-electron chi connectivity index (χ3n) is 4.19. The van der Waals surface area contributed by atoms with Crippen LogP contribution in [0.3, 0.4) is 0 Å². The Kier molecular flexibility index (Phi) is 5.99. The van der Waals surface area contributed by atoms with Crippen LogP contribution in [0.25, 0.3) is 17.1 Å². The van der Waals surface area contributed by atoms with E-state index in [1.54, 1.807) is 0 Å². The number of amides is 1. The second kappa shape index (κ2) is 8.81. The molecule has 0 atom stereocenters. The van der Waals surface area contributed by atoms with E-state index >= 15 is 0 Å². The van der Waals surface area contributed by atoms with E-state index in [-0.39, 0.29) is 5.91 Å². The molecule has 1 amide bonds. The third-order valence-corrected chi connectivity index (χ3v) is 4.19. The minimum Gasteiger partial charge on any atom is -0.353 e. The summed E-state index contributed by atoms with van der Waals surface area (Å²) in [6, 6.07) is 18.5. The topological polar surface area (TPSA) is 46.9 Å². The maximum atomic E-state index is 11.2. The van der Waals surface area contributed by atoms with Crippen LogP contribution in [0.15, 0.2) is 73.3 Å². The number of carbonyl (C=O) groups is 1. The molecule has 0 fully saturated rings. The summed E-state index contributed by atoms with van der Waals surface area (Å²) < 4.78 is 2.24. The van der Waals surface area contributed by atoms with Gasteiger partial charge in [-0.1, -0.05) is 61.2 Å². The Bertz CT molecular complexity index is 910. The zero-order valence-electron chi connectivity index (χ0n) is 14.8. The Morgan fingerprint density at radius 1 is 1.12 bits per heavy atom. The number of benzene rings is 2. The van der Waals surface area contributed by atoms with Crippen molar-refractivity contribution in [3.8, 4) is 0 Å². The number of fused-ring (bicyclic) bond motifs is 1. The summed E-state index contributed by atoms with van der Waals surface area (Å²) in [5, 5.41) is 2.81. The predicted octanol–water partition coefficient (Wildman–Crippen LogP) is 3.98. The van der Waals surface area contributed by atoms with Crippen molar-refractivity contribution in [3.63, 3.8) is 0 Å². The van der Waals surface area contributed by atoms with E-state index in [1.165, 1.54) is 11.6 Å². The first-order chi connectivity index (χ1) is 12.8. The smallest absolute Gasteiger partial charge is 0.243 e. The minimum atomic E-state index is -0.135. The molecule has 0 saturated heterocycles. The molecule has 4 heteroatoms. The molecule has 3 rings (SSSR count). The van der Waals surface area contributed by atoms with Gasteiger partial charge in [-0.15, -0.1) is 0 Å². The quantitative estimate of drug-likeness (QED) is 0.496. The summed E-state index contributed by atoms with van der Waals surface area (Å²) in [6.45, 7) is 4.85. The summed E-state index contributed by atoms with van der Waals surface area (Å²) >= 11 is 0. The van der Waals surface area contributed by atoms with Crippen molar-refractivity contribution in [3.05, 3.63) is 84.7 Å². The first-order valence-electron chi connectivity index (χ1n) is 8.84. The fraction of sp³-hybridized carbons (Fsp3) is 0.182. The van der Waals surface area contributed by atoms with Crippen LogP contribution in [-0.2, 0) is 17.8 Å². The van der Waals surface area contributed by atoms with Gasteiger partial charge in [-0.25, -0.2) is 4.98 Å². The summed E-state index contributed by atoms with van der Waals surface area (Å²) in [5.74, 6) is 0.904. The molecule has 2 aromatic carbocycles. The molecule has 1 aromatic heterocycles. The summed E-state index contributed by atoms with van der Waals surface area (Å²) in [7, 11) is 0. The van der Waals surface area contributed by atoms with Crippen LogP contribution >= 0.6 is 0 Å². The van der Waals surface area contributed by atoms with Gasteiger partial charge < -0.3 is 9.88 Å².